The Labute approximate surface area is 75.9 Å². The molecule has 0 fully saturated rings. The van der Waals surface area contributed by atoms with Crippen molar-refractivity contribution in [2.75, 3.05) is 13.2 Å². The van der Waals surface area contributed by atoms with Crippen LogP contribution in [0.5, 0.6) is 0 Å². The molecule has 1 unspecified atom stereocenters. The minimum absolute atomic E-state index is 0.287. The number of ether oxygens (including phenoxy) is 1. The van der Waals surface area contributed by atoms with Gasteiger partial charge >= 0.3 is 0 Å². The van der Waals surface area contributed by atoms with Crippen LogP contribution in [-0.2, 0) is 4.74 Å². The summed E-state index contributed by atoms with van der Waals surface area (Å²) in [6.45, 7) is 5.29. The molecule has 0 aromatic heterocycles. The third-order valence-corrected chi connectivity index (χ3v) is 1.97. The molecular weight excluding hydrogens is 152 g/mol. The highest BCUT2D eigenvalue weighted by molar-refractivity contribution is 4.57. The predicted octanol–water partition coefficient (Wildman–Crippen LogP) is 2.35. The standard InChI is InChI=1S/C10H22O2/c1-3-5-7-10(12-4-2)8-6-9-11/h10-11H,3-9H2,1-2H3. The summed E-state index contributed by atoms with van der Waals surface area (Å²) >= 11 is 0. The van der Waals surface area contributed by atoms with Gasteiger partial charge in [-0.25, -0.2) is 0 Å². The molecule has 0 aromatic carbocycles. The van der Waals surface area contributed by atoms with Crippen LogP contribution in [0.15, 0.2) is 0 Å². The summed E-state index contributed by atoms with van der Waals surface area (Å²) in [4.78, 5) is 0. The highest BCUT2D eigenvalue weighted by atomic mass is 16.5. The van der Waals surface area contributed by atoms with Crippen molar-refractivity contribution in [3.05, 3.63) is 0 Å². The Morgan fingerprint density at radius 1 is 1.17 bits per heavy atom. The van der Waals surface area contributed by atoms with Crippen molar-refractivity contribution in [1.82, 2.24) is 0 Å². The Kier molecular flexibility index (Phi) is 8.95. The minimum atomic E-state index is 0.287. The fraction of sp³-hybridized carbons (Fsp3) is 1.00. The van der Waals surface area contributed by atoms with Gasteiger partial charge in [-0.1, -0.05) is 19.8 Å². The largest absolute Gasteiger partial charge is 0.396 e. The smallest absolute Gasteiger partial charge is 0.0575 e. The lowest BCUT2D eigenvalue weighted by atomic mass is 10.1. The number of hydrogen-bond acceptors (Lipinski definition) is 2. The van der Waals surface area contributed by atoms with Gasteiger partial charge in [-0.3, -0.25) is 0 Å². The van der Waals surface area contributed by atoms with E-state index < -0.39 is 0 Å². The van der Waals surface area contributed by atoms with E-state index in [9.17, 15) is 0 Å². The number of aliphatic hydroxyl groups excluding tert-OH is 1. The Balaban J connectivity index is 3.40. The maximum atomic E-state index is 8.65. The summed E-state index contributed by atoms with van der Waals surface area (Å²) in [5.74, 6) is 0. The highest BCUT2D eigenvalue weighted by Crippen LogP contribution is 2.10. The van der Waals surface area contributed by atoms with E-state index in [-0.39, 0.29) is 6.61 Å². The Morgan fingerprint density at radius 2 is 1.83 bits per heavy atom. The normalized spacial score (nSPS) is 13.2. The zero-order valence-corrected chi connectivity index (χ0v) is 8.38. The van der Waals surface area contributed by atoms with E-state index in [1.54, 1.807) is 0 Å². The van der Waals surface area contributed by atoms with Gasteiger partial charge in [-0.2, -0.15) is 0 Å². The Bertz CT molecular complexity index is 75.9. The average Bonchev–Trinajstić information content (AvgIpc) is 2.10. The van der Waals surface area contributed by atoms with Gasteiger partial charge in [0, 0.05) is 13.2 Å². The van der Waals surface area contributed by atoms with Crippen molar-refractivity contribution >= 4 is 0 Å². The second-order valence-corrected chi connectivity index (χ2v) is 3.09. The Morgan fingerprint density at radius 3 is 2.33 bits per heavy atom. The molecule has 0 saturated heterocycles. The van der Waals surface area contributed by atoms with Crippen LogP contribution in [0.3, 0.4) is 0 Å². The van der Waals surface area contributed by atoms with Crippen LogP contribution in [-0.4, -0.2) is 24.4 Å². The van der Waals surface area contributed by atoms with Crippen molar-refractivity contribution in [1.29, 1.82) is 0 Å². The summed E-state index contributed by atoms with van der Waals surface area (Å²) in [7, 11) is 0. The quantitative estimate of drug-likeness (QED) is 0.612. The summed E-state index contributed by atoms with van der Waals surface area (Å²) in [5.41, 5.74) is 0. The Hall–Kier alpha value is -0.0800. The van der Waals surface area contributed by atoms with Crippen molar-refractivity contribution in [2.45, 2.75) is 52.1 Å². The average molecular weight is 174 g/mol. The maximum absolute atomic E-state index is 8.65. The van der Waals surface area contributed by atoms with Gasteiger partial charge < -0.3 is 9.84 Å². The molecule has 0 aromatic rings. The lowest BCUT2D eigenvalue weighted by Gasteiger charge is -2.15. The molecule has 0 aliphatic rings. The van der Waals surface area contributed by atoms with Crippen molar-refractivity contribution in [2.24, 2.45) is 0 Å². The van der Waals surface area contributed by atoms with Crippen LogP contribution in [0.25, 0.3) is 0 Å². The van der Waals surface area contributed by atoms with Gasteiger partial charge in [0.2, 0.25) is 0 Å². The van der Waals surface area contributed by atoms with E-state index in [1.165, 1.54) is 12.8 Å². The molecule has 0 bridgehead atoms. The van der Waals surface area contributed by atoms with E-state index in [1.807, 2.05) is 6.92 Å². The monoisotopic (exact) mass is 174 g/mol. The van der Waals surface area contributed by atoms with Crippen LogP contribution in [0.2, 0.25) is 0 Å². The number of aliphatic hydroxyl groups is 1. The van der Waals surface area contributed by atoms with Gasteiger partial charge in [0.25, 0.3) is 0 Å². The lowest BCUT2D eigenvalue weighted by molar-refractivity contribution is 0.0443. The van der Waals surface area contributed by atoms with E-state index in [4.69, 9.17) is 9.84 Å². The molecule has 1 atom stereocenters. The van der Waals surface area contributed by atoms with Crippen molar-refractivity contribution < 1.29 is 9.84 Å². The first-order valence-corrected chi connectivity index (χ1v) is 5.07. The third kappa shape index (κ3) is 6.62. The number of hydrogen-bond donors (Lipinski definition) is 1. The SMILES string of the molecule is CCCCC(CCCO)OCC. The molecule has 2 heteroatoms. The maximum Gasteiger partial charge on any atom is 0.0575 e. The van der Waals surface area contributed by atoms with Crippen molar-refractivity contribution in [3.8, 4) is 0 Å². The molecule has 0 rings (SSSR count). The van der Waals surface area contributed by atoms with Crippen LogP contribution >= 0.6 is 0 Å². The summed E-state index contributed by atoms with van der Waals surface area (Å²) in [6, 6.07) is 0. The summed E-state index contributed by atoms with van der Waals surface area (Å²) in [6.07, 6.45) is 5.85. The van der Waals surface area contributed by atoms with Crippen LogP contribution in [0, 0.1) is 0 Å². The van der Waals surface area contributed by atoms with E-state index in [0.717, 1.165) is 25.9 Å². The molecule has 0 aliphatic carbocycles. The molecule has 0 aliphatic heterocycles. The van der Waals surface area contributed by atoms with Gasteiger partial charge in [0.1, 0.15) is 0 Å². The molecular formula is C10H22O2. The van der Waals surface area contributed by atoms with Crippen LogP contribution < -0.4 is 0 Å². The third-order valence-electron chi connectivity index (χ3n) is 1.97. The first kappa shape index (κ1) is 11.9. The van der Waals surface area contributed by atoms with E-state index >= 15 is 0 Å². The van der Waals surface area contributed by atoms with Crippen LogP contribution in [0.4, 0.5) is 0 Å². The molecule has 0 amide bonds. The first-order valence-electron chi connectivity index (χ1n) is 5.07. The molecule has 0 spiro atoms. The van der Waals surface area contributed by atoms with E-state index in [0.29, 0.717) is 6.10 Å². The number of rotatable bonds is 8. The second-order valence-electron chi connectivity index (χ2n) is 3.09. The molecule has 2 nitrogen and oxygen atoms in total. The summed E-state index contributed by atoms with van der Waals surface area (Å²) in [5, 5.41) is 8.65. The van der Waals surface area contributed by atoms with Gasteiger partial charge in [-0.15, -0.1) is 0 Å². The second kappa shape index (κ2) is 9.01. The number of unbranched alkanes of at least 4 members (excludes halogenated alkanes) is 1. The topological polar surface area (TPSA) is 29.5 Å². The lowest BCUT2D eigenvalue weighted by Crippen LogP contribution is -2.13. The highest BCUT2D eigenvalue weighted by Gasteiger charge is 2.06. The van der Waals surface area contributed by atoms with Crippen LogP contribution in [0.1, 0.15) is 46.0 Å². The van der Waals surface area contributed by atoms with Gasteiger partial charge in [0.15, 0.2) is 0 Å². The first-order chi connectivity index (χ1) is 5.85. The molecule has 12 heavy (non-hydrogen) atoms. The molecule has 0 heterocycles. The fourth-order valence-corrected chi connectivity index (χ4v) is 1.30. The fourth-order valence-electron chi connectivity index (χ4n) is 1.30. The van der Waals surface area contributed by atoms with Gasteiger partial charge in [-0.05, 0) is 26.2 Å². The van der Waals surface area contributed by atoms with E-state index in [2.05, 4.69) is 6.92 Å². The van der Waals surface area contributed by atoms with Gasteiger partial charge in [0.05, 0.1) is 6.10 Å². The molecule has 0 saturated carbocycles. The van der Waals surface area contributed by atoms with Crippen molar-refractivity contribution in [3.63, 3.8) is 0 Å². The molecule has 1 N–H and O–H groups in total. The zero-order chi connectivity index (χ0) is 9.23. The molecule has 0 radical (unpaired) electrons. The zero-order valence-electron chi connectivity index (χ0n) is 8.38. The predicted molar refractivity (Wildman–Crippen MR) is 51.3 cm³/mol. The summed E-state index contributed by atoms with van der Waals surface area (Å²) < 4.78 is 5.54. The minimum Gasteiger partial charge on any atom is -0.396 e. The molecule has 74 valence electrons.